The van der Waals surface area contributed by atoms with Crippen molar-refractivity contribution in [2.24, 2.45) is 0 Å². The van der Waals surface area contributed by atoms with Gasteiger partial charge in [-0.15, -0.1) is 0 Å². The van der Waals surface area contributed by atoms with Crippen LogP contribution in [0.1, 0.15) is 5.56 Å². The molecule has 1 aliphatic rings. The maximum atomic E-state index is 13.0. The Kier molecular flexibility index (Phi) is 8.93. The average molecular weight is 641 g/mol. The van der Waals surface area contributed by atoms with E-state index in [-0.39, 0.29) is 39.5 Å². The van der Waals surface area contributed by atoms with E-state index in [4.69, 9.17) is 23.4 Å². The molecule has 5 rings (SSSR count). The standard InChI is InChI=1S/C31H28O15/c1-42-28-19(38)10-17(36)24-18(37)11-21(43-29(24)28)25-15(34)3-2-4-20(25)44-31-30(27(41)26(40)22(12-32)45-31)46-23(39)8-6-13-5-7-14(33)16(35)9-13/h2-11,22,26-27,30-36,38,40-41H,12H2,1H3/b8-6+/t22-,26-,27+,30-,31-/m1/s1. The fraction of sp³-hybridized carbons (Fsp3) is 0.226. The van der Waals surface area contributed by atoms with E-state index in [2.05, 4.69) is 0 Å². The third-order valence-corrected chi connectivity index (χ3v) is 7.10. The second-order valence-electron chi connectivity index (χ2n) is 10.1. The zero-order valence-corrected chi connectivity index (χ0v) is 23.8. The molecule has 1 aliphatic heterocycles. The molecule has 1 fully saturated rings. The number of carbonyl (C=O) groups excluding carboxylic acids is 1. The van der Waals surface area contributed by atoms with Crippen LogP contribution in [0.3, 0.4) is 0 Å². The highest BCUT2D eigenvalue weighted by Gasteiger charge is 2.48. The summed E-state index contributed by atoms with van der Waals surface area (Å²) in [7, 11) is 1.19. The van der Waals surface area contributed by atoms with Crippen LogP contribution in [0, 0.1) is 0 Å². The first-order chi connectivity index (χ1) is 21.9. The molecule has 0 aliphatic carbocycles. The van der Waals surface area contributed by atoms with Crippen LogP contribution >= 0.6 is 0 Å². The highest BCUT2D eigenvalue weighted by Crippen LogP contribution is 2.44. The number of ether oxygens (including phenoxy) is 4. The number of hydrogen-bond donors (Lipinski definition) is 8. The summed E-state index contributed by atoms with van der Waals surface area (Å²) in [5.74, 6) is -4.33. The molecular weight excluding hydrogens is 612 g/mol. The van der Waals surface area contributed by atoms with E-state index in [1.165, 1.54) is 49.6 Å². The van der Waals surface area contributed by atoms with E-state index < -0.39 is 71.7 Å². The van der Waals surface area contributed by atoms with Gasteiger partial charge in [0.25, 0.3) is 0 Å². The van der Waals surface area contributed by atoms with Gasteiger partial charge >= 0.3 is 5.97 Å². The lowest BCUT2D eigenvalue weighted by Crippen LogP contribution is -2.61. The monoisotopic (exact) mass is 640 g/mol. The van der Waals surface area contributed by atoms with Gasteiger partial charge in [0.15, 0.2) is 34.4 Å². The number of phenolic OH excluding ortho intramolecular Hbond substituents is 5. The number of esters is 1. The summed E-state index contributed by atoms with van der Waals surface area (Å²) in [5.41, 5.74) is -1.08. The van der Waals surface area contributed by atoms with Crippen LogP contribution in [-0.4, -0.2) is 91.2 Å². The van der Waals surface area contributed by atoms with Gasteiger partial charge in [-0.1, -0.05) is 12.1 Å². The molecule has 1 aromatic heterocycles. The lowest BCUT2D eigenvalue weighted by molar-refractivity contribution is -0.281. The molecule has 0 unspecified atom stereocenters. The molecule has 0 amide bonds. The predicted octanol–water partition coefficient (Wildman–Crippen LogP) is 1.44. The third kappa shape index (κ3) is 6.07. The predicted molar refractivity (Wildman–Crippen MR) is 157 cm³/mol. The molecular formula is C31H28O15. The zero-order valence-electron chi connectivity index (χ0n) is 23.8. The van der Waals surface area contributed by atoms with Crippen LogP contribution in [0.4, 0.5) is 0 Å². The number of benzene rings is 3. The largest absolute Gasteiger partial charge is 0.507 e. The van der Waals surface area contributed by atoms with Gasteiger partial charge in [-0.05, 0) is 35.9 Å². The summed E-state index contributed by atoms with van der Waals surface area (Å²) in [6.07, 6.45) is -6.26. The normalized spacial score (nSPS) is 21.3. The minimum atomic E-state index is -1.85. The van der Waals surface area contributed by atoms with E-state index in [1.54, 1.807) is 0 Å². The molecule has 15 nitrogen and oxygen atoms in total. The Hall–Kier alpha value is -5.48. The number of aliphatic hydroxyl groups excluding tert-OH is 3. The summed E-state index contributed by atoms with van der Waals surface area (Å²) in [4.78, 5) is 25.8. The van der Waals surface area contributed by atoms with Gasteiger partial charge in [-0.3, -0.25) is 4.79 Å². The Bertz CT molecular complexity index is 1860. The van der Waals surface area contributed by atoms with Gasteiger partial charge in [0, 0.05) is 18.2 Å². The lowest BCUT2D eigenvalue weighted by Gasteiger charge is -2.41. The Morgan fingerprint density at radius 3 is 2.37 bits per heavy atom. The summed E-state index contributed by atoms with van der Waals surface area (Å²) >= 11 is 0. The number of fused-ring (bicyclic) bond motifs is 1. The number of aromatic hydroxyl groups is 5. The molecule has 2 heterocycles. The minimum absolute atomic E-state index is 0.242. The highest BCUT2D eigenvalue weighted by atomic mass is 16.7. The number of rotatable bonds is 8. The van der Waals surface area contributed by atoms with E-state index >= 15 is 0 Å². The Morgan fingerprint density at radius 2 is 1.67 bits per heavy atom. The van der Waals surface area contributed by atoms with Crippen molar-refractivity contribution in [1.82, 2.24) is 0 Å². The van der Waals surface area contributed by atoms with Crippen molar-refractivity contribution in [3.05, 3.63) is 70.4 Å². The molecule has 46 heavy (non-hydrogen) atoms. The van der Waals surface area contributed by atoms with Crippen LogP contribution in [0.25, 0.3) is 28.4 Å². The molecule has 15 heteroatoms. The fourth-order valence-corrected chi connectivity index (χ4v) is 4.85. The second-order valence-corrected chi connectivity index (χ2v) is 10.1. The number of phenols is 5. The topological polar surface area (TPSA) is 246 Å². The van der Waals surface area contributed by atoms with Gasteiger partial charge in [-0.2, -0.15) is 0 Å². The quantitative estimate of drug-likeness (QED) is 0.0771. The van der Waals surface area contributed by atoms with Crippen LogP contribution in [-0.2, 0) is 14.3 Å². The van der Waals surface area contributed by atoms with Crippen molar-refractivity contribution in [2.45, 2.75) is 30.7 Å². The summed E-state index contributed by atoms with van der Waals surface area (Å²) in [6.45, 7) is -0.776. The third-order valence-electron chi connectivity index (χ3n) is 7.10. The van der Waals surface area contributed by atoms with Crippen molar-refractivity contribution in [3.8, 4) is 51.6 Å². The Balaban J connectivity index is 1.51. The van der Waals surface area contributed by atoms with Gasteiger partial charge in [0.1, 0.15) is 52.3 Å². The van der Waals surface area contributed by atoms with E-state index in [9.17, 15) is 50.4 Å². The smallest absolute Gasteiger partial charge is 0.331 e. The number of carbonyl (C=O) groups is 1. The van der Waals surface area contributed by atoms with E-state index in [1.807, 2.05) is 0 Å². The van der Waals surface area contributed by atoms with Crippen LogP contribution < -0.4 is 14.9 Å². The summed E-state index contributed by atoms with van der Waals surface area (Å²) in [5, 5.41) is 81.2. The average Bonchev–Trinajstić information content (AvgIpc) is 3.01. The molecule has 0 saturated carbocycles. The second kappa shape index (κ2) is 12.9. The molecule has 242 valence electrons. The number of methoxy groups -OCH3 is 1. The van der Waals surface area contributed by atoms with Crippen LogP contribution in [0.2, 0.25) is 0 Å². The first-order valence-corrected chi connectivity index (χ1v) is 13.5. The molecule has 5 atom stereocenters. The first kappa shape index (κ1) is 31.9. The Morgan fingerprint density at radius 1 is 0.913 bits per heavy atom. The molecule has 1 saturated heterocycles. The van der Waals surface area contributed by atoms with E-state index in [0.29, 0.717) is 5.56 Å². The van der Waals surface area contributed by atoms with Crippen LogP contribution in [0.15, 0.2) is 63.8 Å². The molecule has 8 N–H and O–H groups in total. The zero-order chi connectivity index (χ0) is 33.3. The number of aliphatic hydroxyl groups is 3. The molecule has 0 bridgehead atoms. The fourth-order valence-electron chi connectivity index (χ4n) is 4.85. The summed E-state index contributed by atoms with van der Waals surface area (Å²) < 4.78 is 27.8. The molecule has 0 spiro atoms. The maximum absolute atomic E-state index is 13.0. The maximum Gasteiger partial charge on any atom is 0.331 e. The Labute approximate surface area is 258 Å². The minimum Gasteiger partial charge on any atom is -0.507 e. The van der Waals surface area contributed by atoms with Crippen molar-refractivity contribution in [3.63, 3.8) is 0 Å². The lowest BCUT2D eigenvalue weighted by atomic mass is 9.99. The molecule has 4 aromatic rings. The summed E-state index contributed by atoms with van der Waals surface area (Å²) in [6, 6.07) is 9.47. The molecule has 0 radical (unpaired) electrons. The SMILES string of the molecule is COc1c(O)cc(O)c2c(=O)cc(-c3c(O)cccc3O[C@@H]3O[C@H](CO)[C@@H](O)[C@H](O)[C@H]3OC(=O)/C=C/c3ccc(O)c(O)c3)oc12. The van der Waals surface area contributed by atoms with Crippen molar-refractivity contribution in [2.75, 3.05) is 13.7 Å². The van der Waals surface area contributed by atoms with Crippen molar-refractivity contribution >= 4 is 23.0 Å². The van der Waals surface area contributed by atoms with Gasteiger partial charge in [0.2, 0.25) is 12.0 Å². The van der Waals surface area contributed by atoms with Crippen molar-refractivity contribution in [1.29, 1.82) is 0 Å². The molecule has 3 aromatic carbocycles. The van der Waals surface area contributed by atoms with Gasteiger partial charge in [0.05, 0.1) is 13.7 Å². The first-order valence-electron chi connectivity index (χ1n) is 13.5. The van der Waals surface area contributed by atoms with Crippen molar-refractivity contribution < 1.29 is 69.0 Å². The van der Waals surface area contributed by atoms with Gasteiger partial charge < -0.3 is 64.2 Å². The highest BCUT2D eigenvalue weighted by molar-refractivity contribution is 5.92. The number of hydrogen-bond acceptors (Lipinski definition) is 15. The van der Waals surface area contributed by atoms with Gasteiger partial charge in [-0.25, -0.2) is 4.79 Å². The van der Waals surface area contributed by atoms with Crippen LogP contribution in [0.5, 0.6) is 40.2 Å². The van der Waals surface area contributed by atoms with E-state index in [0.717, 1.165) is 18.2 Å².